The summed E-state index contributed by atoms with van der Waals surface area (Å²) in [5.74, 6) is -1.25. The van der Waals surface area contributed by atoms with Crippen molar-refractivity contribution in [2.75, 3.05) is 13.6 Å². The quantitative estimate of drug-likeness (QED) is 0.457. The summed E-state index contributed by atoms with van der Waals surface area (Å²) in [6.07, 6.45) is -4.29. The first kappa shape index (κ1) is 28.4. The lowest BCUT2D eigenvalue weighted by Gasteiger charge is -2.37. The molecule has 0 saturated carbocycles. The molecule has 40 heavy (non-hydrogen) atoms. The molecule has 2 aliphatic rings. The molecule has 0 spiro atoms. The number of nitrogens with zero attached hydrogens (tertiary/aromatic N) is 5. The van der Waals surface area contributed by atoms with E-state index in [0.717, 1.165) is 16.7 Å². The predicted octanol–water partition coefficient (Wildman–Crippen LogP) is 4.76. The van der Waals surface area contributed by atoms with E-state index in [9.17, 15) is 27.6 Å². The lowest BCUT2D eigenvalue weighted by atomic mass is 9.97. The molecule has 0 saturated heterocycles. The average molecular weight is 615 g/mol. The fraction of sp³-hybridized carbons (Fsp3) is 0.400. The summed E-state index contributed by atoms with van der Waals surface area (Å²) < 4.78 is 40.9. The van der Waals surface area contributed by atoms with Gasteiger partial charge in [0.15, 0.2) is 5.69 Å². The predicted molar refractivity (Wildman–Crippen MR) is 141 cm³/mol. The Morgan fingerprint density at radius 2 is 1.95 bits per heavy atom. The number of likely N-dealkylation sites (N-methyl/N-ethyl adjacent to an activating group) is 1. The van der Waals surface area contributed by atoms with E-state index in [-0.39, 0.29) is 40.8 Å². The van der Waals surface area contributed by atoms with Crippen molar-refractivity contribution in [1.82, 2.24) is 29.9 Å². The number of rotatable bonds is 4. The van der Waals surface area contributed by atoms with Crippen molar-refractivity contribution in [1.29, 1.82) is 0 Å². The van der Waals surface area contributed by atoms with Gasteiger partial charge in [0.2, 0.25) is 5.91 Å². The Hall–Kier alpha value is -3.16. The van der Waals surface area contributed by atoms with Crippen LogP contribution in [-0.2, 0) is 23.9 Å². The Bertz CT molecular complexity index is 1520. The fourth-order valence-corrected chi connectivity index (χ4v) is 6.19. The van der Waals surface area contributed by atoms with Crippen LogP contribution in [0.15, 0.2) is 23.6 Å². The maximum absolute atomic E-state index is 13.9. The van der Waals surface area contributed by atoms with Gasteiger partial charge < -0.3 is 15.1 Å². The Labute approximate surface area is 240 Å². The van der Waals surface area contributed by atoms with Crippen molar-refractivity contribution in [3.63, 3.8) is 0 Å². The largest absolute Gasteiger partial charge is 0.434 e. The molecule has 3 aromatic rings. The van der Waals surface area contributed by atoms with Crippen molar-refractivity contribution in [2.24, 2.45) is 0 Å². The minimum atomic E-state index is -4.62. The maximum Gasteiger partial charge on any atom is 0.434 e. The minimum absolute atomic E-state index is 0.0365. The van der Waals surface area contributed by atoms with Gasteiger partial charge in [0.25, 0.3) is 11.8 Å². The third-order valence-electron chi connectivity index (χ3n) is 7.18. The van der Waals surface area contributed by atoms with Crippen LogP contribution in [0.4, 0.5) is 13.2 Å². The molecule has 1 aromatic carbocycles. The first-order valence-electron chi connectivity index (χ1n) is 12.2. The molecule has 3 amide bonds. The van der Waals surface area contributed by atoms with Gasteiger partial charge in [-0.15, -0.1) is 11.3 Å². The Morgan fingerprint density at radius 3 is 2.58 bits per heavy atom. The minimum Gasteiger partial charge on any atom is -0.357 e. The molecule has 1 N–H and O–H groups in total. The molecular weight excluding hydrogens is 592 g/mol. The molecular formula is C25H23Cl2F3N6O3S. The van der Waals surface area contributed by atoms with E-state index >= 15 is 0 Å². The van der Waals surface area contributed by atoms with Gasteiger partial charge >= 0.3 is 6.18 Å². The van der Waals surface area contributed by atoms with E-state index in [4.69, 9.17) is 23.2 Å². The molecule has 0 bridgehead atoms. The number of hydrogen-bond acceptors (Lipinski definition) is 6. The first-order chi connectivity index (χ1) is 18.8. The summed E-state index contributed by atoms with van der Waals surface area (Å²) in [6.45, 7) is 3.34. The van der Waals surface area contributed by atoms with Crippen LogP contribution in [0.3, 0.4) is 0 Å². The second-order valence-corrected chi connectivity index (χ2v) is 11.4. The maximum atomic E-state index is 13.9. The average Bonchev–Trinajstić information content (AvgIpc) is 3.54. The third kappa shape index (κ3) is 4.83. The van der Waals surface area contributed by atoms with E-state index in [2.05, 4.69) is 15.4 Å². The van der Waals surface area contributed by atoms with Crippen molar-refractivity contribution in [3.8, 4) is 0 Å². The molecule has 0 aliphatic carbocycles. The lowest BCUT2D eigenvalue weighted by Crippen LogP contribution is -2.49. The number of benzene rings is 1. The zero-order valence-electron chi connectivity index (χ0n) is 21.4. The number of amides is 3. The number of aromatic nitrogens is 3. The van der Waals surface area contributed by atoms with Crippen molar-refractivity contribution in [2.45, 2.75) is 51.1 Å². The number of alkyl halides is 3. The summed E-state index contributed by atoms with van der Waals surface area (Å²) in [7, 11) is 1.45. The van der Waals surface area contributed by atoms with Gasteiger partial charge in [-0.1, -0.05) is 23.2 Å². The van der Waals surface area contributed by atoms with E-state index in [1.54, 1.807) is 17.9 Å². The van der Waals surface area contributed by atoms with Gasteiger partial charge in [0.05, 0.1) is 34.9 Å². The smallest absolute Gasteiger partial charge is 0.357 e. The van der Waals surface area contributed by atoms with Gasteiger partial charge in [0.1, 0.15) is 16.7 Å². The normalized spacial score (nSPS) is 19.8. The highest BCUT2D eigenvalue weighted by Gasteiger charge is 2.44. The fourth-order valence-electron chi connectivity index (χ4n) is 5.00. The summed E-state index contributed by atoms with van der Waals surface area (Å²) in [5.41, 5.74) is 0.455. The van der Waals surface area contributed by atoms with Gasteiger partial charge in [-0.05, 0) is 32.0 Å². The molecule has 5 rings (SSSR count). The van der Waals surface area contributed by atoms with Crippen molar-refractivity contribution in [3.05, 3.63) is 66.8 Å². The number of carbonyl (C=O) groups excluding carboxylic acids is 3. The molecule has 212 valence electrons. The van der Waals surface area contributed by atoms with Crippen LogP contribution < -0.4 is 5.32 Å². The van der Waals surface area contributed by atoms with Crippen LogP contribution >= 0.6 is 34.5 Å². The molecule has 0 unspecified atom stereocenters. The topological polar surface area (TPSA) is 100 Å². The molecule has 0 fully saturated rings. The second kappa shape index (κ2) is 10.3. The highest BCUT2D eigenvalue weighted by molar-refractivity contribution is 7.09. The summed E-state index contributed by atoms with van der Waals surface area (Å²) in [6, 6.07) is 2.50. The van der Waals surface area contributed by atoms with E-state index < -0.39 is 35.8 Å². The zero-order valence-corrected chi connectivity index (χ0v) is 23.8. The Balaban J connectivity index is 1.53. The number of hydrogen-bond donors (Lipinski definition) is 1. The zero-order chi connectivity index (χ0) is 29.1. The molecule has 4 heterocycles. The Kier molecular flexibility index (Phi) is 7.34. The molecule has 15 heteroatoms. The monoisotopic (exact) mass is 614 g/mol. The standard InChI is InChI=1S/C25H23Cl2F3N6O3S/c1-11-6-17-14(8-34(11)23(38)13-4-5-15(26)16(27)7-13)20-24(39)35(9-18(21(37)31-3)36(20)33-17)12(2)22-32-19(10-40-22)25(28,29)30/h4-5,7,10-12,18H,6,8-9H2,1-3H3,(H,31,37)/t11-,12+,18+/m1/s1. The lowest BCUT2D eigenvalue weighted by molar-refractivity contribution is -0.140. The SMILES string of the molecule is CNC(=O)[C@@H]1CN([C@@H](C)c2nc(C(F)(F)F)cs2)C(=O)c2c3c(nn21)C[C@@H](C)N(C(=O)c1ccc(Cl)c(Cl)c1)C3. The molecule has 2 aromatic heterocycles. The van der Waals surface area contributed by atoms with Crippen LogP contribution in [-0.4, -0.2) is 61.9 Å². The number of halogens is 5. The summed E-state index contributed by atoms with van der Waals surface area (Å²) >= 11 is 12.9. The number of carbonyl (C=O) groups is 3. The number of nitrogens with one attached hydrogen (secondary N) is 1. The number of fused-ring (bicyclic) bond motifs is 3. The molecule has 0 radical (unpaired) electrons. The second-order valence-electron chi connectivity index (χ2n) is 9.67. The van der Waals surface area contributed by atoms with E-state index in [1.165, 1.54) is 28.8 Å². The van der Waals surface area contributed by atoms with Crippen LogP contribution in [0.2, 0.25) is 10.0 Å². The van der Waals surface area contributed by atoms with Crippen LogP contribution in [0.1, 0.15) is 68.7 Å². The molecule has 3 atom stereocenters. The number of thiazole rings is 1. The van der Waals surface area contributed by atoms with Crippen molar-refractivity contribution < 1.29 is 27.6 Å². The highest BCUT2D eigenvalue weighted by atomic mass is 35.5. The van der Waals surface area contributed by atoms with Gasteiger partial charge in [0, 0.05) is 36.0 Å². The van der Waals surface area contributed by atoms with Crippen LogP contribution in [0.25, 0.3) is 0 Å². The van der Waals surface area contributed by atoms with Gasteiger partial charge in [-0.3, -0.25) is 14.4 Å². The molecule has 2 aliphatic heterocycles. The van der Waals surface area contributed by atoms with Gasteiger partial charge in [-0.2, -0.15) is 18.3 Å². The van der Waals surface area contributed by atoms with Crippen molar-refractivity contribution >= 4 is 52.3 Å². The summed E-state index contributed by atoms with van der Waals surface area (Å²) in [4.78, 5) is 46.9. The molecule has 9 nitrogen and oxygen atoms in total. The van der Waals surface area contributed by atoms with E-state index in [0.29, 0.717) is 28.3 Å². The first-order valence-corrected chi connectivity index (χ1v) is 13.9. The van der Waals surface area contributed by atoms with E-state index in [1.807, 2.05) is 6.92 Å². The van der Waals surface area contributed by atoms with Crippen LogP contribution in [0.5, 0.6) is 0 Å². The Morgan fingerprint density at radius 1 is 1.23 bits per heavy atom. The summed E-state index contributed by atoms with van der Waals surface area (Å²) in [5, 5.41) is 8.70. The third-order valence-corrected chi connectivity index (χ3v) is 8.94. The highest BCUT2D eigenvalue weighted by Crippen LogP contribution is 2.38. The van der Waals surface area contributed by atoms with Crippen LogP contribution in [0, 0.1) is 0 Å². The van der Waals surface area contributed by atoms with Gasteiger partial charge in [-0.25, -0.2) is 9.67 Å².